The topological polar surface area (TPSA) is 38.5 Å². The van der Waals surface area contributed by atoms with Crippen molar-refractivity contribution < 1.29 is 4.74 Å². The molecule has 0 aromatic rings. The SMILES string of the molecule is CN(CCCCCCN)CC1CCCO1. The fourth-order valence-electron chi connectivity index (χ4n) is 2.11. The van der Waals surface area contributed by atoms with Gasteiger partial charge in [0.05, 0.1) is 6.10 Å². The molecule has 1 fully saturated rings. The summed E-state index contributed by atoms with van der Waals surface area (Å²) in [6, 6.07) is 0. The van der Waals surface area contributed by atoms with E-state index in [4.69, 9.17) is 10.5 Å². The summed E-state index contributed by atoms with van der Waals surface area (Å²) in [6.07, 6.45) is 8.06. The first-order chi connectivity index (χ1) is 7.33. The molecule has 3 nitrogen and oxygen atoms in total. The van der Waals surface area contributed by atoms with Gasteiger partial charge < -0.3 is 15.4 Å². The second kappa shape index (κ2) is 8.08. The highest BCUT2D eigenvalue weighted by Crippen LogP contribution is 2.13. The molecule has 3 heteroatoms. The predicted octanol–water partition coefficient (Wildman–Crippen LogP) is 1.62. The lowest BCUT2D eigenvalue weighted by molar-refractivity contribution is 0.0807. The van der Waals surface area contributed by atoms with Gasteiger partial charge in [-0.3, -0.25) is 0 Å². The van der Waals surface area contributed by atoms with Gasteiger partial charge in [-0.2, -0.15) is 0 Å². The first-order valence-electron chi connectivity index (χ1n) is 6.33. The molecule has 1 aliphatic rings. The van der Waals surface area contributed by atoms with Crippen LogP contribution >= 0.6 is 0 Å². The molecule has 0 aromatic heterocycles. The van der Waals surface area contributed by atoms with Gasteiger partial charge in [-0.15, -0.1) is 0 Å². The molecular formula is C12H26N2O. The zero-order valence-electron chi connectivity index (χ0n) is 10.1. The van der Waals surface area contributed by atoms with Gasteiger partial charge in [-0.05, 0) is 45.8 Å². The molecule has 90 valence electrons. The minimum absolute atomic E-state index is 0.499. The van der Waals surface area contributed by atoms with Crippen LogP contribution in [0, 0.1) is 0 Å². The summed E-state index contributed by atoms with van der Waals surface area (Å²) in [4.78, 5) is 2.40. The van der Waals surface area contributed by atoms with Crippen LogP contribution < -0.4 is 5.73 Å². The van der Waals surface area contributed by atoms with Crippen LogP contribution in [-0.2, 0) is 4.74 Å². The third kappa shape index (κ3) is 6.13. The Morgan fingerprint density at radius 3 is 2.73 bits per heavy atom. The van der Waals surface area contributed by atoms with E-state index in [9.17, 15) is 0 Å². The van der Waals surface area contributed by atoms with E-state index in [-0.39, 0.29) is 0 Å². The van der Waals surface area contributed by atoms with Gasteiger partial charge >= 0.3 is 0 Å². The average molecular weight is 214 g/mol. The van der Waals surface area contributed by atoms with Gasteiger partial charge in [-0.1, -0.05) is 12.8 Å². The molecule has 0 saturated carbocycles. The monoisotopic (exact) mass is 214 g/mol. The largest absolute Gasteiger partial charge is 0.377 e. The van der Waals surface area contributed by atoms with E-state index in [1.54, 1.807) is 0 Å². The summed E-state index contributed by atoms with van der Waals surface area (Å²) >= 11 is 0. The van der Waals surface area contributed by atoms with Crippen molar-refractivity contribution >= 4 is 0 Å². The van der Waals surface area contributed by atoms with Crippen molar-refractivity contribution in [3.05, 3.63) is 0 Å². The minimum Gasteiger partial charge on any atom is -0.377 e. The van der Waals surface area contributed by atoms with Gasteiger partial charge in [0.1, 0.15) is 0 Å². The van der Waals surface area contributed by atoms with Crippen LogP contribution in [0.15, 0.2) is 0 Å². The highest BCUT2D eigenvalue weighted by atomic mass is 16.5. The van der Waals surface area contributed by atoms with Crippen molar-refractivity contribution in [3.63, 3.8) is 0 Å². The van der Waals surface area contributed by atoms with Crippen molar-refractivity contribution in [2.45, 2.75) is 44.6 Å². The molecule has 1 unspecified atom stereocenters. The third-order valence-electron chi connectivity index (χ3n) is 3.03. The highest BCUT2D eigenvalue weighted by Gasteiger charge is 2.16. The van der Waals surface area contributed by atoms with Crippen LogP contribution in [-0.4, -0.2) is 44.3 Å². The Hall–Kier alpha value is -0.120. The zero-order valence-corrected chi connectivity index (χ0v) is 10.1. The molecular weight excluding hydrogens is 188 g/mol. The van der Waals surface area contributed by atoms with E-state index in [1.165, 1.54) is 45.1 Å². The van der Waals surface area contributed by atoms with E-state index < -0.39 is 0 Å². The number of nitrogens with zero attached hydrogens (tertiary/aromatic N) is 1. The van der Waals surface area contributed by atoms with Gasteiger partial charge in [0.15, 0.2) is 0 Å². The average Bonchev–Trinajstić information content (AvgIpc) is 2.70. The van der Waals surface area contributed by atoms with Crippen molar-refractivity contribution in [1.29, 1.82) is 0 Å². The predicted molar refractivity (Wildman–Crippen MR) is 64.0 cm³/mol. The Bertz CT molecular complexity index is 147. The third-order valence-corrected chi connectivity index (χ3v) is 3.03. The maximum atomic E-state index is 5.61. The lowest BCUT2D eigenvalue weighted by Crippen LogP contribution is -2.29. The number of ether oxygens (including phenoxy) is 1. The lowest BCUT2D eigenvalue weighted by atomic mass is 10.2. The number of unbranched alkanes of at least 4 members (excludes halogenated alkanes) is 3. The van der Waals surface area contributed by atoms with Crippen LogP contribution in [0.25, 0.3) is 0 Å². The van der Waals surface area contributed by atoms with Crippen molar-refractivity contribution in [2.75, 3.05) is 33.3 Å². The smallest absolute Gasteiger partial charge is 0.0702 e. The second-order valence-electron chi connectivity index (χ2n) is 4.60. The van der Waals surface area contributed by atoms with E-state index >= 15 is 0 Å². The Morgan fingerprint density at radius 1 is 1.27 bits per heavy atom. The molecule has 1 rings (SSSR count). The van der Waals surface area contributed by atoms with Gasteiger partial charge in [0.25, 0.3) is 0 Å². The minimum atomic E-state index is 0.499. The Kier molecular flexibility index (Phi) is 6.98. The quantitative estimate of drug-likeness (QED) is 0.624. The van der Waals surface area contributed by atoms with Crippen LogP contribution in [0.3, 0.4) is 0 Å². The van der Waals surface area contributed by atoms with Gasteiger partial charge in [0, 0.05) is 13.2 Å². The van der Waals surface area contributed by atoms with Crippen LogP contribution in [0.5, 0.6) is 0 Å². The van der Waals surface area contributed by atoms with Crippen LogP contribution in [0.2, 0.25) is 0 Å². The van der Waals surface area contributed by atoms with E-state index in [0.29, 0.717) is 6.10 Å². The van der Waals surface area contributed by atoms with Crippen molar-refractivity contribution in [3.8, 4) is 0 Å². The number of rotatable bonds is 8. The molecule has 0 bridgehead atoms. The molecule has 0 spiro atoms. The Balaban J connectivity index is 1.91. The number of likely N-dealkylation sites (N-methyl/N-ethyl adjacent to an activating group) is 1. The first kappa shape index (κ1) is 12.9. The molecule has 1 atom stereocenters. The highest BCUT2D eigenvalue weighted by molar-refractivity contribution is 4.68. The molecule has 0 amide bonds. The van der Waals surface area contributed by atoms with Gasteiger partial charge in [-0.25, -0.2) is 0 Å². The molecule has 2 N–H and O–H groups in total. The Morgan fingerprint density at radius 2 is 2.07 bits per heavy atom. The maximum Gasteiger partial charge on any atom is 0.0702 e. The van der Waals surface area contributed by atoms with Crippen molar-refractivity contribution in [1.82, 2.24) is 4.90 Å². The summed E-state index contributed by atoms with van der Waals surface area (Å²) in [7, 11) is 2.20. The molecule has 0 aromatic carbocycles. The molecule has 1 heterocycles. The second-order valence-corrected chi connectivity index (χ2v) is 4.60. The summed E-state index contributed by atoms with van der Waals surface area (Å²) in [5.74, 6) is 0. The molecule has 15 heavy (non-hydrogen) atoms. The first-order valence-corrected chi connectivity index (χ1v) is 6.33. The number of nitrogens with two attached hydrogens (primary N) is 1. The standard InChI is InChI=1S/C12H26N2O/c1-14(9-5-3-2-4-8-13)11-12-7-6-10-15-12/h12H,2-11,13H2,1H3. The summed E-state index contributed by atoms with van der Waals surface area (Å²) in [6.45, 7) is 4.11. The summed E-state index contributed by atoms with van der Waals surface area (Å²) < 4.78 is 5.61. The number of hydrogen-bond donors (Lipinski definition) is 1. The van der Waals surface area contributed by atoms with Crippen LogP contribution in [0.4, 0.5) is 0 Å². The molecule has 0 radical (unpaired) electrons. The van der Waals surface area contributed by atoms with E-state index in [1.807, 2.05) is 0 Å². The van der Waals surface area contributed by atoms with Gasteiger partial charge in [0.2, 0.25) is 0 Å². The fourth-order valence-corrected chi connectivity index (χ4v) is 2.11. The maximum absolute atomic E-state index is 5.61. The fraction of sp³-hybridized carbons (Fsp3) is 1.00. The van der Waals surface area contributed by atoms with E-state index in [0.717, 1.165) is 19.7 Å². The lowest BCUT2D eigenvalue weighted by Gasteiger charge is -2.20. The summed E-state index contributed by atoms with van der Waals surface area (Å²) in [5, 5.41) is 0. The van der Waals surface area contributed by atoms with Crippen molar-refractivity contribution in [2.24, 2.45) is 5.73 Å². The molecule has 1 saturated heterocycles. The molecule has 0 aliphatic carbocycles. The summed E-state index contributed by atoms with van der Waals surface area (Å²) in [5.41, 5.74) is 5.45. The van der Waals surface area contributed by atoms with E-state index in [2.05, 4.69) is 11.9 Å². The Labute approximate surface area is 94.0 Å². The normalized spacial score (nSPS) is 21.4. The zero-order chi connectivity index (χ0) is 10.9. The number of hydrogen-bond acceptors (Lipinski definition) is 3. The van der Waals surface area contributed by atoms with Crippen LogP contribution in [0.1, 0.15) is 38.5 Å². The molecule has 1 aliphatic heterocycles.